The lowest BCUT2D eigenvalue weighted by molar-refractivity contribution is -0.269. The van der Waals surface area contributed by atoms with Gasteiger partial charge in [-0.05, 0) is 41.1 Å². The first-order valence-corrected chi connectivity index (χ1v) is 9.40. The van der Waals surface area contributed by atoms with E-state index in [9.17, 15) is 18.0 Å². The fraction of sp³-hybridized carbons (Fsp3) is 0.0952. The van der Waals surface area contributed by atoms with Crippen molar-refractivity contribution >= 4 is 45.6 Å². The minimum atomic E-state index is -4.82. The molecule has 0 spiro atoms. The summed E-state index contributed by atoms with van der Waals surface area (Å²) in [5.74, 6) is -0.638. The molecule has 0 aromatic heterocycles. The number of hydrogen-bond acceptors (Lipinski definition) is 3. The van der Waals surface area contributed by atoms with E-state index in [2.05, 4.69) is 5.48 Å². The highest BCUT2D eigenvalue weighted by atomic mass is 35.5. The number of hydrogen-bond donors (Lipinski definition) is 2. The number of nitrogens with one attached hydrogen (secondary N) is 1. The molecule has 1 amide bonds. The summed E-state index contributed by atoms with van der Waals surface area (Å²) in [6, 6.07) is 13.4. The van der Waals surface area contributed by atoms with Crippen molar-refractivity contribution < 1.29 is 22.8 Å². The van der Waals surface area contributed by atoms with Crippen LogP contribution >= 0.6 is 23.2 Å². The van der Waals surface area contributed by atoms with Crippen LogP contribution in [0.4, 0.5) is 13.2 Å². The van der Waals surface area contributed by atoms with Gasteiger partial charge in [0.05, 0.1) is 5.70 Å². The van der Waals surface area contributed by atoms with Gasteiger partial charge >= 0.3 is 6.18 Å². The SMILES string of the molecule is NC(=O)c1ccc(C2=CC(c3cc(Cl)cc(Cl)c3)(C(F)(F)F)ON2)c2ccccc12. The zero-order valence-corrected chi connectivity index (χ0v) is 16.6. The number of alkyl halides is 3. The highest BCUT2D eigenvalue weighted by Gasteiger charge is 2.59. The minimum Gasteiger partial charge on any atom is -0.366 e. The van der Waals surface area contributed by atoms with E-state index < -0.39 is 17.7 Å². The summed E-state index contributed by atoms with van der Waals surface area (Å²) in [5.41, 5.74) is 5.48. The maximum atomic E-state index is 14.2. The van der Waals surface area contributed by atoms with Gasteiger partial charge in [-0.25, -0.2) is 0 Å². The molecule has 1 aliphatic rings. The van der Waals surface area contributed by atoms with Crippen LogP contribution in [0.25, 0.3) is 16.5 Å². The monoisotopic (exact) mass is 452 g/mol. The average Bonchev–Trinajstić information content (AvgIpc) is 3.13. The van der Waals surface area contributed by atoms with Crippen molar-refractivity contribution in [2.75, 3.05) is 0 Å². The van der Waals surface area contributed by atoms with E-state index in [0.29, 0.717) is 16.3 Å². The normalized spacial score (nSPS) is 18.9. The summed E-state index contributed by atoms with van der Waals surface area (Å²) < 4.78 is 42.5. The van der Waals surface area contributed by atoms with Gasteiger partial charge in [0, 0.05) is 26.7 Å². The van der Waals surface area contributed by atoms with Crippen molar-refractivity contribution in [3.63, 3.8) is 0 Å². The van der Waals surface area contributed by atoms with Crippen LogP contribution in [0.15, 0.2) is 60.7 Å². The first-order chi connectivity index (χ1) is 14.1. The van der Waals surface area contributed by atoms with Crippen molar-refractivity contribution in [1.29, 1.82) is 0 Å². The van der Waals surface area contributed by atoms with Gasteiger partial charge in [0.15, 0.2) is 0 Å². The van der Waals surface area contributed by atoms with Crippen molar-refractivity contribution in [1.82, 2.24) is 5.48 Å². The highest BCUT2D eigenvalue weighted by molar-refractivity contribution is 6.34. The molecule has 1 heterocycles. The molecule has 1 atom stereocenters. The third-order valence-electron chi connectivity index (χ3n) is 4.86. The van der Waals surface area contributed by atoms with Gasteiger partial charge in [-0.15, -0.1) is 0 Å². The molecule has 3 N–H and O–H groups in total. The Hall–Kier alpha value is -2.74. The molecule has 4 rings (SSSR count). The predicted molar refractivity (Wildman–Crippen MR) is 109 cm³/mol. The van der Waals surface area contributed by atoms with Crippen LogP contribution in [0.1, 0.15) is 21.5 Å². The summed E-state index contributed by atoms with van der Waals surface area (Å²) in [7, 11) is 0. The number of amides is 1. The zero-order valence-electron chi connectivity index (χ0n) is 15.1. The van der Waals surface area contributed by atoms with Gasteiger partial charge in [-0.2, -0.15) is 13.2 Å². The molecule has 0 saturated carbocycles. The van der Waals surface area contributed by atoms with E-state index in [1.165, 1.54) is 18.2 Å². The van der Waals surface area contributed by atoms with Gasteiger partial charge in [0.1, 0.15) is 0 Å². The number of nitrogens with two attached hydrogens (primary N) is 1. The number of primary amides is 1. The van der Waals surface area contributed by atoms with Crippen molar-refractivity contribution in [3.8, 4) is 0 Å². The molecule has 0 aliphatic carbocycles. The lowest BCUT2D eigenvalue weighted by atomic mass is 9.90. The molecule has 9 heteroatoms. The second kappa shape index (κ2) is 7.19. The molecule has 154 valence electrons. The van der Waals surface area contributed by atoms with Crippen LogP contribution in [0.5, 0.6) is 0 Å². The molecule has 0 radical (unpaired) electrons. The minimum absolute atomic E-state index is 0.0443. The average molecular weight is 453 g/mol. The lowest BCUT2D eigenvalue weighted by Gasteiger charge is -2.28. The van der Waals surface area contributed by atoms with Gasteiger partial charge in [-0.1, -0.05) is 53.5 Å². The molecule has 3 aromatic rings. The van der Waals surface area contributed by atoms with Crippen LogP contribution in [0, 0.1) is 0 Å². The van der Waals surface area contributed by atoms with Crippen molar-refractivity contribution in [2.45, 2.75) is 11.8 Å². The maximum absolute atomic E-state index is 14.2. The number of benzene rings is 3. The molecule has 0 saturated heterocycles. The van der Waals surface area contributed by atoms with Crippen molar-refractivity contribution in [3.05, 3.63) is 87.4 Å². The Morgan fingerprint density at radius 1 is 1.00 bits per heavy atom. The second-order valence-electron chi connectivity index (χ2n) is 6.72. The molecule has 0 fully saturated rings. The Kier molecular flexibility index (Phi) is 4.92. The summed E-state index contributed by atoms with van der Waals surface area (Å²) >= 11 is 11.9. The largest absolute Gasteiger partial charge is 0.428 e. The first kappa shape index (κ1) is 20.5. The summed E-state index contributed by atoms with van der Waals surface area (Å²) in [4.78, 5) is 16.8. The quantitative estimate of drug-likeness (QED) is 0.545. The van der Waals surface area contributed by atoms with E-state index in [-0.39, 0.29) is 26.9 Å². The number of halogens is 5. The molecule has 30 heavy (non-hydrogen) atoms. The lowest BCUT2D eigenvalue weighted by Crippen LogP contribution is -2.42. The smallest absolute Gasteiger partial charge is 0.366 e. The van der Waals surface area contributed by atoms with Crippen LogP contribution in [0.2, 0.25) is 10.0 Å². The summed E-state index contributed by atoms with van der Waals surface area (Å²) in [6.07, 6.45) is -3.89. The molecule has 1 unspecified atom stereocenters. The van der Waals surface area contributed by atoms with Crippen LogP contribution in [-0.2, 0) is 10.4 Å². The number of carbonyl (C=O) groups excluding carboxylic acids is 1. The van der Waals surface area contributed by atoms with E-state index in [0.717, 1.165) is 18.2 Å². The van der Waals surface area contributed by atoms with E-state index >= 15 is 0 Å². The third kappa shape index (κ3) is 3.29. The third-order valence-corrected chi connectivity index (χ3v) is 5.30. The van der Waals surface area contributed by atoms with Gasteiger partial charge < -0.3 is 5.73 Å². The Labute approximate surface area is 179 Å². The molecule has 0 bridgehead atoms. The Morgan fingerprint density at radius 2 is 1.63 bits per heavy atom. The number of rotatable bonds is 3. The van der Waals surface area contributed by atoms with Gasteiger partial charge in [-0.3, -0.25) is 15.1 Å². The first-order valence-electron chi connectivity index (χ1n) is 8.64. The molecular formula is C21H13Cl2F3N2O2. The zero-order chi connectivity index (χ0) is 21.7. The fourth-order valence-corrected chi connectivity index (χ4v) is 4.02. The Balaban J connectivity index is 1.94. The maximum Gasteiger partial charge on any atom is 0.428 e. The predicted octanol–water partition coefficient (Wildman–Crippen LogP) is 5.58. The fourth-order valence-electron chi connectivity index (χ4n) is 3.49. The summed E-state index contributed by atoms with van der Waals surface area (Å²) in [5, 5.41) is 1.14. The van der Waals surface area contributed by atoms with E-state index in [4.69, 9.17) is 33.8 Å². The van der Waals surface area contributed by atoms with Crippen LogP contribution < -0.4 is 11.2 Å². The number of hydroxylamine groups is 1. The van der Waals surface area contributed by atoms with Crippen molar-refractivity contribution in [2.24, 2.45) is 5.73 Å². The van der Waals surface area contributed by atoms with Crippen LogP contribution in [0.3, 0.4) is 0 Å². The van der Waals surface area contributed by atoms with E-state index in [1.54, 1.807) is 24.3 Å². The molecular weight excluding hydrogens is 440 g/mol. The molecule has 3 aromatic carbocycles. The van der Waals surface area contributed by atoms with Gasteiger partial charge in [0.25, 0.3) is 0 Å². The Morgan fingerprint density at radius 3 is 2.23 bits per heavy atom. The second-order valence-corrected chi connectivity index (χ2v) is 7.60. The van der Waals surface area contributed by atoms with E-state index in [1.807, 2.05) is 0 Å². The summed E-state index contributed by atoms with van der Waals surface area (Å²) in [6.45, 7) is 0. The highest BCUT2D eigenvalue weighted by Crippen LogP contribution is 2.48. The standard InChI is InChI=1S/C21H13Cl2F3N2O2/c22-12-7-11(8-13(23)9-12)20(21(24,25)26)10-18(28-30-20)16-5-6-17(19(27)29)15-4-2-1-3-14(15)16/h1-10,28H,(H2,27,29). The Bertz CT molecular complexity index is 1190. The topological polar surface area (TPSA) is 64.4 Å². The number of carbonyl (C=O) groups is 1. The number of fused-ring (bicyclic) bond motifs is 1. The molecule has 4 nitrogen and oxygen atoms in total. The van der Waals surface area contributed by atoms with Crippen LogP contribution in [-0.4, -0.2) is 12.1 Å². The molecule has 1 aliphatic heterocycles. The van der Waals surface area contributed by atoms with Gasteiger partial charge in [0.2, 0.25) is 11.5 Å².